The second-order valence-corrected chi connectivity index (χ2v) is 7.46. The number of hydrogen-bond acceptors (Lipinski definition) is 6. The van der Waals surface area contributed by atoms with Gasteiger partial charge >= 0.3 is 0 Å². The SMILES string of the molecule is C=CCn1c(SC[C@@H](O)COc2ccc(C(C)=O)cc2)nc2ccccc2c1=O. The first-order chi connectivity index (χ1) is 14.0. The fourth-order valence-corrected chi connectivity index (χ4v) is 3.66. The number of carbonyl (C=O) groups is 1. The van der Waals surface area contributed by atoms with Crippen LogP contribution >= 0.6 is 11.8 Å². The number of hydrogen-bond donors (Lipinski definition) is 1. The number of carbonyl (C=O) groups excluding carboxylic acids is 1. The Morgan fingerprint density at radius 2 is 2.00 bits per heavy atom. The Morgan fingerprint density at radius 3 is 2.69 bits per heavy atom. The second kappa shape index (κ2) is 9.54. The maximum Gasteiger partial charge on any atom is 0.262 e. The monoisotopic (exact) mass is 410 g/mol. The molecule has 0 amide bonds. The molecule has 3 rings (SSSR count). The third-order valence-corrected chi connectivity index (χ3v) is 5.37. The van der Waals surface area contributed by atoms with Crippen LogP contribution in [0.3, 0.4) is 0 Å². The molecule has 1 atom stereocenters. The molecule has 7 heteroatoms. The van der Waals surface area contributed by atoms with Gasteiger partial charge in [-0.3, -0.25) is 14.2 Å². The van der Waals surface area contributed by atoms with Gasteiger partial charge in [0.05, 0.1) is 17.0 Å². The summed E-state index contributed by atoms with van der Waals surface area (Å²) >= 11 is 1.30. The molecule has 0 aliphatic heterocycles. The molecule has 29 heavy (non-hydrogen) atoms. The van der Waals surface area contributed by atoms with Crippen LogP contribution < -0.4 is 10.3 Å². The van der Waals surface area contributed by atoms with Gasteiger partial charge in [-0.2, -0.15) is 0 Å². The molecule has 150 valence electrons. The van der Waals surface area contributed by atoms with Gasteiger partial charge in [0.1, 0.15) is 12.4 Å². The molecule has 3 aromatic rings. The Balaban J connectivity index is 1.66. The fourth-order valence-electron chi connectivity index (χ4n) is 2.75. The van der Waals surface area contributed by atoms with Crippen molar-refractivity contribution >= 4 is 28.4 Å². The number of ketones is 1. The number of aliphatic hydroxyl groups is 1. The van der Waals surface area contributed by atoms with Gasteiger partial charge in [0.2, 0.25) is 0 Å². The van der Waals surface area contributed by atoms with Crippen molar-refractivity contribution in [2.75, 3.05) is 12.4 Å². The number of allylic oxidation sites excluding steroid dienone is 1. The molecule has 0 spiro atoms. The van der Waals surface area contributed by atoms with Crippen LogP contribution in [0.1, 0.15) is 17.3 Å². The van der Waals surface area contributed by atoms with Gasteiger partial charge in [-0.25, -0.2) is 4.98 Å². The summed E-state index contributed by atoms with van der Waals surface area (Å²) < 4.78 is 7.13. The highest BCUT2D eigenvalue weighted by Gasteiger charge is 2.13. The van der Waals surface area contributed by atoms with Gasteiger partial charge in [0.25, 0.3) is 5.56 Å². The Kier molecular flexibility index (Phi) is 6.85. The standard InChI is InChI=1S/C22H22N2O4S/c1-3-12-24-21(27)19-6-4-5-7-20(19)23-22(24)29-14-17(26)13-28-18-10-8-16(9-11-18)15(2)25/h3-11,17,26H,1,12-14H2,2H3/t17-/m0/s1. The van der Waals surface area contributed by atoms with Crippen molar-refractivity contribution in [2.24, 2.45) is 0 Å². The number of benzene rings is 2. The summed E-state index contributed by atoms with van der Waals surface area (Å²) in [5, 5.41) is 11.4. The lowest BCUT2D eigenvalue weighted by Gasteiger charge is -2.14. The van der Waals surface area contributed by atoms with Crippen LogP contribution in [-0.2, 0) is 6.54 Å². The topological polar surface area (TPSA) is 81.4 Å². The first-order valence-electron chi connectivity index (χ1n) is 9.14. The van der Waals surface area contributed by atoms with Crippen molar-refractivity contribution in [1.29, 1.82) is 0 Å². The summed E-state index contributed by atoms with van der Waals surface area (Å²) in [4.78, 5) is 28.6. The van der Waals surface area contributed by atoms with Crippen molar-refractivity contribution in [3.05, 3.63) is 77.1 Å². The number of Topliss-reactive ketones (excluding diaryl/α,β-unsaturated/α-hetero) is 1. The van der Waals surface area contributed by atoms with Crippen molar-refractivity contribution in [1.82, 2.24) is 9.55 Å². The number of fused-ring (bicyclic) bond motifs is 1. The Bertz CT molecular complexity index is 1080. The maximum absolute atomic E-state index is 12.7. The molecule has 2 aromatic carbocycles. The van der Waals surface area contributed by atoms with Crippen LogP contribution in [-0.4, -0.2) is 38.9 Å². The van der Waals surface area contributed by atoms with E-state index in [0.29, 0.717) is 39.7 Å². The van der Waals surface area contributed by atoms with Gasteiger partial charge in [-0.05, 0) is 43.3 Å². The average Bonchev–Trinajstić information content (AvgIpc) is 2.73. The molecule has 0 bridgehead atoms. The highest BCUT2D eigenvalue weighted by molar-refractivity contribution is 7.99. The molecule has 6 nitrogen and oxygen atoms in total. The van der Waals surface area contributed by atoms with Gasteiger partial charge < -0.3 is 9.84 Å². The molecule has 0 fully saturated rings. The van der Waals surface area contributed by atoms with Crippen molar-refractivity contribution in [2.45, 2.75) is 24.7 Å². The zero-order valence-corrected chi connectivity index (χ0v) is 16.9. The first-order valence-corrected chi connectivity index (χ1v) is 10.1. The van der Waals surface area contributed by atoms with E-state index in [1.54, 1.807) is 53.1 Å². The number of rotatable bonds is 9. The minimum Gasteiger partial charge on any atom is -0.491 e. The summed E-state index contributed by atoms with van der Waals surface area (Å²) in [6, 6.07) is 14.0. The van der Waals surface area contributed by atoms with Gasteiger partial charge in [0.15, 0.2) is 10.9 Å². The first kappa shape index (κ1) is 20.8. The van der Waals surface area contributed by atoms with E-state index in [9.17, 15) is 14.7 Å². The van der Waals surface area contributed by atoms with Gasteiger partial charge in [-0.1, -0.05) is 30.0 Å². The molecule has 0 saturated carbocycles. The highest BCUT2D eigenvalue weighted by Crippen LogP contribution is 2.19. The molecule has 0 unspecified atom stereocenters. The maximum atomic E-state index is 12.7. The largest absolute Gasteiger partial charge is 0.491 e. The lowest BCUT2D eigenvalue weighted by molar-refractivity contribution is 0.101. The second-order valence-electron chi connectivity index (χ2n) is 6.47. The van der Waals surface area contributed by atoms with E-state index >= 15 is 0 Å². The lowest BCUT2D eigenvalue weighted by Crippen LogP contribution is -2.24. The van der Waals surface area contributed by atoms with Crippen LogP contribution in [0.25, 0.3) is 10.9 Å². The van der Waals surface area contributed by atoms with E-state index in [0.717, 1.165) is 0 Å². The quantitative estimate of drug-likeness (QED) is 0.252. The van der Waals surface area contributed by atoms with E-state index in [1.807, 2.05) is 6.07 Å². The smallest absolute Gasteiger partial charge is 0.262 e. The Morgan fingerprint density at radius 1 is 1.28 bits per heavy atom. The zero-order chi connectivity index (χ0) is 20.8. The molecule has 0 aliphatic rings. The van der Waals surface area contributed by atoms with E-state index in [1.165, 1.54) is 18.7 Å². The zero-order valence-electron chi connectivity index (χ0n) is 16.1. The summed E-state index contributed by atoms with van der Waals surface area (Å²) in [5.41, 5.74) is 1.10. The number of ether oxygens (including phenoxy) is 1. The molecule has 1 N–H and O–H groups in total. The number of thioether (sulfide) groups is 1. The van der Waals surface area contributed by atoms with Crippen LogP contribution in [0.15, 0.2) is 71.1 Å². The Labute approximate surface area is 172 Å². The van der Waals surface area contributed by atoms with Crippen LogP contribution in [0.5, 0.6) is 5.75 Å². The highest BCUT2D eigenvalue weighted by atomic mass is 32.2. The van der Waals surface area contributed by atoms with E-state index in [2.05, 4.69) is 11.6 Å². The van der Waals surface area contributed by atoms with Gasteiger partial charge in [-0.15, -0.1) is 6.58 Å². The number of para-hydroxylation sites is 1. The molecular weight excluding hydrogens is 388 g/mol. The number of nitrogens with zero attached hydrogens (tertiary/aromatic N) is 2. The number of aromatic nitrogens is 2. The fraction of sp³-hybridized carbons (Fsp3) is 0.227. The van der Waals surface area contributed by atoms with Gasteiger partial charge in [0, 0.05) is 17.9 Å². The van der Waals surface area contributed by atoms with Crippen LogP contribution in [0, 0.1) is 0 Å². The molecule has 0 radical (unpaired) electrons. The van der Waals surface area contributed by atoms with E-state index < -0.39 is 6.10 Å². The third kappa shape index (κ3) is 5.13. The summed E-state index contributed by atoms with van der Waals surface area (Å²) in [6.45, 7) is 5.64. The molecule has 1 aromatic heterocycles. The van der Waals surface area contributed by atoms with Crippen LogP contribution in [0.2, 0.25) is 0 Å². The van der Waals surface area contributed by atoms with E-state index in [4.69, 9.17) is 4.74 Å². The summed E-state index contributed by atoms with van der Waals surface area (Å²) in [6.07, 6.45) is 0.889. The minimum absolute atomic E-state index is 0.0126. The normalized spacial score (nSPS) is 11.9. The average molecular weight is 410 g/mol. The van der Waals surface area contributed by atoms with Crippen LogP contribution in [0.4, 0.5) is 0 Å². The van der Waals surface area contributed by atoms with Crippen molar-refractivity contribution in [3.63, 3.8) is 0 Å². The molecule has 1 heterocycles. The summed E-state index contributed by atoms with van der Waals surface area (Å²) in [5.74, 6) is 0.876. The molecular formula is C22H22N2O4S. The van der Waals surface area contributed by atoms with Crippen molar-refractivity contribution < 1.29 is 14.6 Å². The lowest BCUT2D eigenvalue weighted by atomic mass is 10.1. The number of aliphatic hydroxyl groups excluding tert-OH is 1. The molecule has 0 aliphatic carbocycles. The predicted molar refractivity (Wildman–Crippen MR) is 115 cm³/mol. The Hall–Kier alpha value is -2.90. The third-order valence-electron chi connectivity index (χ3n) is 4.25. The van der Waals surface area contributed by atoms with E-state index in [-0.39, 0.29) is 17.9 Å². The summed E-state index contributed by atoms with van der Waals surface area (Å²) in [7, 11) is 0. The molecule has 0 saturated heterocycles. The van der Waals surface area contributed by atoms with Crippen molar-refractivity contribution in [3.8, 4) is 5.75 Å². The predicted octanol–water partition coefficient (Wildman–Crippen LogP) is 3.32. The minimum atomic E-state index is -0.756.